The van der Waals surface area contributed by atoms with Gasteiger partial charge in [0.25, 0.3) is 0 Å². The molecule has 1 aromatic carbocycles. The van der Waals surface area contributed by atoms with Crippen molar-refractivity contribution in [1.82, 2.24) is 5.32 Å². The smallest absolute Gasteiger partial charge is 0.419 e. The summed E-state index contributed by atoms with van der Waals surface area (Å²) in [6.07, 6.45) is -4.37. The van der Waals surface area contributed by atoms with Gasteiger partial charge in [-0.05, 0) is 39.9 Å². The van der Waals surface area contributed by atoms with Crippen molar-refractivity contribution < 1.29 is 27.1 Å². The SMILES string of the molecule is CC(C)(C)C(=O)OC1(c2cccc(C(F)(F)F)c2F)CCNCC1. The van der Waals surface area contributed by atoms with E-state index in [2.05, 4.69) is 5.32 Å². The van der Waals surface area contributed by atoms with Crippen molar-refractivity contribution >= 4 is 5.97 Å². The molecule has 0 radical (unpaired) electrons. The minimum absolute atomic E-state index is 0.212. The number of alkyl halides is 3. The van der Waals surface area contributed by atoms with Gasteiger partial charge in [0, 0.05) is 18.4 Å². The molecule has 0 aromatic heterocycles. The normalized spacial score (nSPS) is 18.3. The van der Waals surface area contributed by atoms with E-state index in [1.807, 2.05) is 0 Å². The third-order valence-electron chi connectivity index (χ3n) is 4.11. The fraction of sp³-hybridized carbons (Fsp3) is 0.588. The second-order valence-electron chi connectivity index (χ2n) is 7.05. The molecule has 1 heterocycles. The van der Waals surface area contributed by atoms with Gasteiger partial charge in [0.2, 0.25) is 0 Å². The lowest BCUT2D eigenvalue weighted by molar-refractivity contribution is -0.174. The van der Waals surface area contributed by atoms with Crippen molar-refractivity contribution in [2.45, 2.75) is 45.4 Å². The molecule has 1 saturated heterocycles. The van der Waals surface area contributed by atoms with Gasteiger partial charge in [-0.15, -0.1) is 0 Å². The van der Waals surface area contributed by atoms with Crippen LogP contribution in [-0.2, 0) is 21.3 Å². The van der Waals surface area contributed by atoms with Crippen molar-refractivity contribution in [3.8, 4) is 0 Å². The fourth-order valence-corrected chi connectivity index (χ4v) is 2.69. The zero-order valence-electron chi connectivity index (χ0n) is 13.9. The largest absolute Gasteiger partial charge is 0.454 e. The molecule has 1 N–H and O–H groups in total. The zero-order chi connectivity index (χ0) is 18.2. The van der Waals surface area contributed by atoms with Gasteiger partial charge in [0.15, 0.2) is 0 Å². The number of hydrogen-bond acceptors (Lipinski definition) is 3. The summed E-state index contributed by atoms with van der Waals surface area (Å²) in [6, 6.07) is 3.11. The van der Waals surface area contributed by atoms with Crippen LogP contribution in [-0.4, -0.2) is 19.1 Å². The van der Waals surface area contributed by atoms with Gasteiger partial charge < -0.3 is 10.1 Å². The molecule has 0 unspecified atom stereocenters. The minimum Gasteiger partial charge on any atom is -0.454 e. The maximum Gasteiger partial charge on any atom is 0.419 e. The van der Waals surface area contributed by atoms with Crippen LogP contribution in [0.1, 0.15) is 44.7 Å². The van der Waals surface area contributed by atoms with Crippen molar-refractivity contribution in [3.05, 3.63) is 35.1 Å². The predicted molar refractivity (Wildman–Crippen MR) is 80.7 cm³/mol. The quantitative estimate of drug-likeness (QED) is 0.649. The topological polar surface area (TPSA) is 38.3 Å². The highest BCUT2D eigenvalue weighted by Gasteiger charge is 2.45. The van der Waals surface area contributed by atoms with Gasteiger partial charge in [-0.2, -0.15) is 13.2 Å². The lowest BCUT2D eigenvalue weighted by Gasteiger charge is -2.39. The molecular formula is C17H21F4NO2. The molecular weight excluding hydrogens is 326 g/mol. The van der Waals surface area contributed by atoms with Gasteiger partial charge in [0.1, 0.15) is 11.4 Å². The first-order valence-electron chi connectivity index (χ1n) is 7.78. The number of esters is 1. The van der Waals surface area contributed by atoms with Crippen molar-refractivity contribution in [2.24, 2.45) is 5.41 Å². The Hall–Kier alpha value is -1.63. The number of hydrogen-bond donors (Lipinski definition) is 1. The van der Waals surface area contributed by atoms with E-state index < -0.39 is 34.5 Å². The van der Waals surface area contributed by atoms with E-state index in [0.29, 0.717) is 19.2 Å². The fourth-order valence-electron chi connectivity index (χ4n) is 2.69. The summed E-state index contributed by atoms with van der Waals surface area (Å²) in [5.41, 5.74) is -3.78. The monoisotopic (exact) mass is 347 g/mol. The Balaban J connectivity index is 2.51. The molecule has 24 heavy (non-hydrogen) atoms. The number of carbonyl (C=O) groups is 1. The first-order valence-corrected chi connectivity index (χ1v) is 7.78. The molecule has 0 amide bonds. The van der Waals surface area contributed by atoms with Crippen LogP contribution in [0.2, 0.25) is 0 Å². The molecule has 1 aliphatic rings. The second-order valence-corrected chi connectivity index (χ2v) is 7.05. The van der Waals surface area contributed by atoms with Gasteiger partial charge >= 0.3 is 12.1 Å². The van der Waals surface area contributed by atoms with Crippen LogP contribution in [0.4, 0.5) is 17.6 Å². The Morgan fingerprint density at radius 3 is 2.25 bits per heavy atom. The highest BCUT2D eigenvalue weighted by Crippen LogP contribution is 2.41. The van der Waals surface area contributed by atoms with E-state index >= 15 is 0 Å². The summed E-state index contributed by atoms with van der Waals surface area (Å²) in [5.74, 6) is -1.94. The first kappa shape index (κ1) is 18.7. The van der Waals surface area contributed by atoms with Crippen molar-refractivity contribution in [1.29, 1.82) is 0 Å². The number of halogens is 4. The lowest BCUT2D eigenvalue weighted by Crippen LogP contribution is -2.45. The van der Waals surface area contributed by atoms with Crippen LogP contribution in [0.5, 0.6) is 0 Å². The van der Waals surface area contributed by atoms with E-state index in [9.17, 15) is 22.4 Å². The Kier molecular flexibility index (Phi) is 4.95. The van der Waals surface area contributed by atoms with Crippen LogP contribution in [0.15, 0.2) is 18.2 Å². The van der Waals surface area contributed by atoms with Crippen molar-refractivity contribution in [3.63, 3.8) is 0 Å². The molecule has 1 aromatic rings. The minimum atomic E-state index is -4.80. The Morgan fingerprint density at radius 2 is 1.75 bits per heavy atom. The van der Waals surface area contributed by atoms with Crippen LogP contribution in [0.25, 0.3) is 0 Å². The summed E-state index contributed by atoms with van der Waals surface area (Å²) >= 11 is 0. The summed E-state index contributed by atoms with van der Waals surface area (Å²) < 4.78 is 59.2. The van der Waals surface area contributed by atoms with Gasteiger partial charge in [-0.25, -0.2) is 4.39 Å². The van der Waals surface area contributed by atoms with Gasteiger partial charge in [-0.1, -0.05) is 12.1 Å². The molecule has 0 spiro atoms. The molecule has 1 aliphatic heterocycles. The number of rotatable bonds is 2. The average Bonchev–Trinajstić information content (AvgIpc) is 2.46. The molecule has 3 nitrogen and oxygen atoms in total. The molecule has 134 valence electrons. The third kappa shape index (κ3) is 3.71. The van der Waals surface area contributed by atoms with E-state index in [1.165, 1.54) is 6.07 Å². The molecule has 0 aliphatic carbocycles. The Bertz CT molecular complexity index is 614. The molecule has 7 heteroatoms. The van der Waals surface area contributed by atoms with E-state index in [-0.39, 0.29) is 18.4 Å². The second kappa shape index (κ2) is 6.35. The highest BCUT2D eigenvalue weighted by atomic mass is 19.4. The number of nitrogens with one attached hydrogen (secondary N) is 1. The Labute approximate surface area is 138 Å². The average molecular weight is 347 g/mol. The van der Waals surface area contributed by atoms with Gasteiger partial charge in [0.05, 0.1) is 11.0 Å². The van der Waals surface area contributed by atoms with Crippen LogP contribution in [0, 0.1) is 11.2 Å². The molecule has 0 atom stereocenters. The van der Waals surface area contributed by atoms with Crippen LogP contribution >= 0.6 is 0 Å². The first-order chi connectivity index (χ1) is 11.0. The lowest BCUT2D eigenvalue weighted by atomic mass is 9.83. The van der Waals surface area contributed by atoms with E-state index in [0.717, 1.165) is 6.07 Å². The van der Waals surface area contributed by atoms with E-state index in [1.54, 1.807) is 20.8 Å². The van der Waals surface area contributed by atoms with Crippen LogP contribution in [0.3, 0.4) is 0 Å². The summed E-state index contributed by atoms with van der Waals surface area (Å²) in [5, 5.41) is 3.05. The number of ether oxygens (including phenoxy) is 1. The number of piperidine rings is 1. The van der Waals surface area contributed by atoms with E-state index in [4.69, 9.17) is 4.74 Å². The molecule has 1 fully saturated rings. The third-order valence-corrected chi connectivity index (χ3v) is 4.11. The standard InChI is InChI=1S/C17H21F4NO2/c1-15(2,3)14(23)24-16(7-9-22-10-8-16)11-5-4-6-12(13(11)18)17(19,20)21/h4-6,22H,7-10H2,1-3H3. The summed E-state index contributed by atoms with van der Waals surface area (Å²) in [6.45, 7) is 5.78. The molecule has 0 bridgehead atoms. The summed E-state index contributed by atoms with van der Waals surface area (Å²) in [4.78, 5) is 12.3. The Morgan fingerprint density at radius 1 is 1.17 bits per heavy atom. The van der Waals surface area contributed by atoms with Crippen LogP contribution < -0.4 is 5.32 Å². The number of carbonyl (C=O) groups excluding carboxylic acids is 1. The number of benzene rings is 1. The summed E-state index contributed by atoms with van der Waals surface area (Å²) in [7, 11) is 0. The molecule has 0 saturated carbocycles. The maximum absolute atomic E-state index is 14.6. The maximum atomic E-state index is 14.6. The predicted octanol–water partition coefficient (Wildman–Crippen LogP) is 4.01. The van der Waals surface area contributed by atoms with Crippen molar-refractivity contribution in [2.75, 3.05) is 13.1 Å². The van der Waals surface area contributed by atoms with Gasteiger partial charge in [-0.3, -0.25) is 4.79 Å². The highest BCUT2D eigenvalue weighted by molar-refractivity contribution is 5.76. The molecule has 2 rings (SSSR count). The zero-order valence-corrected chi connectivity index (χ0v) is 13.9.